The van der Waals surface area contributed by atoms with Crippen LogP contribution in [0, 0.1) is 0 Å². The largest absolute Gasteiger partial charge is 0.328 e. The number of benzene rings is 2. The van der Waals surface area contributed by atoms with Gasteiger partial charge < -0.3 is 10.3 Å². The fourth-order valence-electron chi connectivity index (χ4n) is 2.63. The molecule has 0 aliphatic carbocycles. The number of hydrogen-bond acceptors (Lipinski definition) is 4. The normalized spacial score (nSPS) is 10.5. The molecule has 0 saturated heterocycles. The van der Waals surface area contributed by atoms with Crippen molar-refractivity contribution in [3.05, 3.63) is 97.3 Å². The summed E-state index contributed by atoms with van der Waals surface area (Å²) in [6, 6.07) is 13.1. The molecule has 28 heavy (non-hydrogen) atoms. The maximum Gasteiger partial charge on any atom is 0.328 e. The number of aromatic amines is 1. The number of ketones is 1. The standard InChI is InChI=1S/C20H16ClN3O4/c1-12(25)13-6-4-7-15(9-13)23-18(26)16-10-22-20(28)24(19(16)27)11-14-5-2-3-8-17(14)21/h2-10H,11H2,1H3,(H,22,28)(H,23,26). The lowest BCUT2D eigenvalue weighted by atomic mass is 10.1. The van der Waals surface area contributed by atoms with Crippen molar-refractivity contribution in [1.29, 1.82) is 0 Å². The molecule has 0 aliphatic heterocycles. The summed E-state index contributed by atoms with van der Waals surface area (Å²) in [6.07, 6.45) is 1.07. The van der Waals surface area contributed by atoms with Gasteiger partial charge in [0.2, 0.25) is 0 Å². The zero-order valence-electron chi connectivity index (χ0n) is 14.9. The zero-order chi connectivity index (χ0) is 20.3. The summed E-state index contributed by atoms with van der Waals surface area (Å²) in [4.78, 5) is 51.2. The van der Waals surface area contributed by atoms with E-state index in [1.807, 2.05) is 0 Å². The van der Waals surface area contributed by atoms with Crippen molar-refractivity contribution >= 4 is 29.0 Å². The van der Waals surface area contributed by atoms with Gasteiger partial charge in [-0.2, -0.15) is 0 Å². The van der Waals surface area contributed by atoms with Crippen molar-refractivity contribution in [2.75, 3.05) is 5.32 Å². The zero-order valence-corrected chi connectivity index (χ0v) is 15.6. The van der Waals surface area contributed by atoms with Gasteiger partial charge in [-0.25, -0.2) is 4.79 Å². The van der Waals surface area contributed by atoms with Gasteiger partial charge in [-0.15, -0.1) is 0 Å². The first kappa shape index (κ1) is 19.3. The molecule has 0 spiro atoms. The first-order valence-corrected chi connectivity index (χ1v) is 8.73. The highest BCUT2D eigenvalue weighted by Gasteiger charge is 2.16. The van der Waals surface area contributed by atoms with Crippen LogP contribution in [-0.4, -0.2) is 21.2 Å². The Labute approximate surface area is 164 Å². The number of Topliss-reactive ketones (excluding diaryl/α,β-unsaturated/α-hetero) is 1. The fourth-order valence-corrected chi connectivity index (χ4v) is 2.82. The van der Waals surface area contributed by atoms with Gasteiger partial charge in [0.25, 0.3) is 11.5 Å². The van der Waals surface area contributed by atoms with Crippen molar-refractivity contribution in [3.8, 4) is 0 Å². The van der Waals surface area contributed by atoms with E-state index in [2.05, 4.69) is 10.3 Å². The monoisotopic (exact) mass is 397 g/mol. The first-order chi connectivity index (χ1) is 13.4. The number of H-pyrrole nitrogens is 1. The number of anilines is 1. The summed E-state index contributed by atoms with van der Waals surface area (Å²) in [5, 5.41) is 2.97. The SMILES string of the molecule is CC(=O)c1cccc(NC(=O)c2c[nH]c(=O)n(Cc3ccccc3Cl)c2=O)c1. The molecule has 8 heteroatoms. The Hall–Kier alpha value is -3.45. The minimum atomic E-state index is -0.746. The van der Waals surface area contributed by atoms with Gasteiger partial charge >= 0.3 is 5.69 Å². The minimum Gasteiger partial charge on any atom is -0.322 e. The van der Waals surface area contributed by atoms with Crippen LogP contribution in [0.25, 0.3) is 0 Å². The number of nitrogens with one attached hydrogen (secondary N) is 2. The molecule has 0 radical (unpaired) electrons. The van der Waals surface area contributed by atoms with Crippen molar-refractivity contribution in [3.63, 3.8) is 0 Å². The van der Waals surface area contributed by atoms with Crippen molar-refractivity contribution in [2.24, 2.45) is 0 Å². The second kappa shape index (κ2) is 8.06. The van der Waals surface area contributed by atoms with Gasteiger partial charge in [0.1, 0.15) is 5.56 Å². The lowest BCUT2D eigenvalue weighted by Crippen LogP contribution is -2.39. The van der Waals surface area contributed by atoms with Crippen LogP contribution in [0.4, 0.5) is 5.69 Å². The van der Waals surface area contributed by atoms with E-state index in [0.29, 0.717) is 21.8 Å². The number of amides is 1. The van der Waals surface area contributed by atoms with E-state index in [0.717, 1.165) is 10.8 Å². The molecule has 0 bridgehead atoms. The summed E-state index contributed by atoms with van der Waals surface area (Å²) >= 11 is 6.09. The smallest absolute Gasteiger partial charge is 0.322 e. The van der Waals surface area contributed by atoms with E-state index in [4.69, 9.17) is 11.6 Å². The quantitative estimate of drug-likeness (QED) is 0.646. The van der Waals surface area contributed by atoms with Crippen LogP contribution < -0.4 is 16.6 Å². The van der Waals surface area contributed by atoms with Crippen LogP contribution in [0.1, 0.15) is 33.2 Å². The molecule has 0 saturated carbocycles. The number of aromatic nitrogens is 2. The highest BCUT2D eigenvalue weighted by molar-refractivity contribution is 6.31. The van der Waals surface area contributed by atoms with E-state index >= 15 is 0 Å². The molecule has 2 N–H and O–H groups in total. The predicted molar refractivity (Wildman–Crippen MR) is 106 cm³/mol. The third kappa shape index (κ3) is 4.10. The molecule has 0 unspecified atom stereocenters. The number of nitrogens with zero attached hydrogens (tertiary/aromatic N) is 1. The Kier molecular flexibility index (Phi) is 5.56. The number of hydrogen-bond donors (Lipinski definition) is 2. The van der Waals surface area contributed by atoms with Gasteiger partial charge in [0.05, 0.1) is 6.54 Å². The van der Waals surface area contributed by atoms with Crippen LogP contribution >= 0.6 is 11.6 Å². The lowest BCUT2D eigenvalue weighted by molar-refractivity contribution is 0.101. The number of carbonyl (C=O) groups is 2. The third-order valence-electron chi connectivity index (χ3n) is 4.12. The second-order valence-electron chi connectivity index (χ2n) is 6.08. The molecular weight excluding hydrogens is 382 g/mol. The Morgan fingerprint density at radius 2 is 1.86 bits per heavy atom. The van der Waals surface area contributed by atoms with Crippen LogP contribution in [0.15, 0.2) is 64.3 Å². The molecule has 7 nitrogen and oxygen atoms in total. The number of halogens is 1. The Bertz CT molecular complexity index is 1180. The Morgan fingerprint density at radius 3 is 2.57 bits per heavy atom. The summed E-state index contributed by atoms with van der Waals surface area (Å²) in [6.45, 7) is 1.34. The fraction of sp³-hybridized carbons (Fsp3) is 0.100. The Balaban J connectivity index is 1.93. The molecule has 3 rings (SSSR count). The van der Waals surface area contributed by atoms with Gasteiger partial charge in [-0.1, -0.05) is 41.9 Å². The van der Waals surface area contributed by atoms with Crippen LogP contribution in [0.3, 0.4) is 0 Å². The van der Waals surface area contributed by atoms with E-state index in [-0.39, 0.29) is 17.9 Å². The van der Waals surface area contributed by atoms with E-state index in [1.54, 1.807) is 42.5 Å². The molecular formula is C20H16ClN3O4. The van der Waals surface area contributed by atoms with Crippen molar-refractivity contribution in [2.45, 2.75) is 13.5 Å². The van der Waals surface area contributed by atoms with Crippen molar-refractivity contribution < 1.29 is 9.59 Å². The molecule has 3 aromatic rings. The van der Waals surface area contributed by atoms with Crippen LogP contribution in [0.2, 0.25) is 5.02 Å². The van der Waals surface area contributed by atoms with E-state index in [9.17, 15) is 19.2 Å². The molecule has 0 fully saturated rings. The number of rotatable bonds is 5. The maximum absolute atomic E-state index is 12.7. The van der Waals surface area contributed by atoms with Gasteiger partial charge in [-0.3, -0.25) is 19.0 Å². The molecule has 1 amide bonds. The average molecular weight is 398 g/mol. The van der Waals surface area contributed by atoms with E-state index in [1.165, 1.54) is 13.0 Å². The van der Waals surface area contributed by atoms with Gasteiger partial charge in [-0.05, 0) is 30.7 Å². The third-order valence-corrected chi connectivity index (χ3v) is 4.49. The lowest BCUT2D eigenvalue weighted by Gasteiger charge is -2.09. The van der Waals surface area contributed by atoms with Crippen LogP contribution in [0.5, 0.6) is 0 Å². The highest BCUT2D eigenvalue weighted by Crippen LogP contribution is 2.15. The Morgan fingerprint density at radius 1 is 1.11 bits per heavy atom. The predicted octanol–water partition coefficient (Wildman–Crippen LogP) is 2.69. The topological polar surface area (TPSA) is 101 Å². The second-order valence-corrected chi connectivity index (χ2v) is 6.49. The molecule has 0 atom stereocenters. The molecule has 0 aliphatic rings. The number of carbonyl (C=O) groups excluding carboxylic acids is 2. The summed E-state index contributed by atoms with van der Waals surface area (Å²) in [5.41, 5.74) is -0.274. The summed E-state index contributed by atoms with van der Waals surface area (Å²) in [5.74, 6) is -0.850. The van der Waals surface area contributed by atoms with E-state index < -0.39 is 17.2 Å². The summed E-state index contributed by atoms with van der Waals surface area (Å²) < 4.78 is 0.905. The van der Waals surface area contributed by atoms with Gasteiger partial charge in [0.15, 0.2) is 5.78 Å². The molecule has 142 valence electrons. The molecule has 1 heterocycles. The van der Waals surface area contributed by atoms with Gasteiger partial charge in [0, 0.05) is 22.5 Å². The average Bonchev–Trinajstić information content (AvgIpc) is 2.66. The maximum atomic E-state index is 12.7. The summed E-state index contributed by atoms with van der Waals surface area (Å²) in [7, 11) is 0. The highest BCUT2D eigenvalue weighted by atomic mass is 35.5. The molecule has 2 aromatic carbocycles. The van der Waals surface area contributed by atoms with Crippen molar-refractivity contribution in [1.82, 2.24) is 9.55 Å². The molecule has 1 aromatic heterocycles. The minimum absolute atomic E-state index is 0.0746. The first-order valence-electron chi connectivity index (χ1n) is 8.35. The van der Waals surface area contributed by atoms with Crippen LogP contribution in [-0.2, 0) is 6.54 Å².